The molecule has 1 aliphatic rings. The molecule has 1 aromatic carbocycles. The van der Waals surface area contributed by atoms with E-state index in [1.165, 1.54) is 23.5 Å². The quantitative estimate of drug-likeness (QED) is 0.680. The van der Waals surface area contributed by atoms with Crippen LogP contribution in [-0.2, 0) is 13.0 Å². The molecule has 0 unspecified atom stereocenters. The van der Waals surface area contributed by atoms with E-state index in [1.807, 2.05) is 0 Å². The molecule has 140 valence electrons. The van der Waals surface area contributed by atoms with Gasteiger partial charge in [0.15, 0.2) is 0 Å². The number of nitrogens with zero attached hydrogens (tertiary/aromatic N) is 2. The lowest BCUT2D eigenvalue weighted by atomic mass is 10.2. The fourth-order valence-corrected chi connectivity index (χ4v) is 4.70. The predicted molar refractivity (Wildman–Crippen MR) is 106 cm³/mol. The summed E-state index contributed by atoms with van der Waals surface area (Å²) < 4.78 is 14.9. The highest BCUT2D eigenvalue weighted by molar-refractivity contribution is 7.20. The molecule has 1 amide bonds. The lowest BCUT2D eigenvalue weighted by molar-refractivity contribution is 0.103. The monoisotopic (exact) mass is 405 g/mol. The van der Waals surface area contributed by atoms with Crippen molar-refractivity contribution in [2.75, 3.05) is 5.32 Å². The highest BCUT2D eigenvalue weighted by atomic mass is 35.5. The molecule has 1 aliphatic heterocycles. The summed E-state index contributed by atoms with van der Waals surface area (Å²) in [4.78, 5) is 31.4. The Morgan fingerprint density at radius 3 is 2.93 bits per heavy atom. The van der Waals surface area contributed by atoms with E-state index in [9.17, 15) is 14.0 Å². The number of halogens is 2. The Labute approximate surface area is 163 Å². The van der Waals surface area contributed by atoms with Crippen LogP contribution in [0.2, 0.25) is 5.02 Å². The Balaban J connectivity index is 1.76. The molecule has 0 radical (unpaired) electrons. The number of aromatic nitrogens is 2. The van der Waals surface area contributed by atoms with Crippen LogP contribution in [0.5, 0.6) is 0 Å². The van der Waals surface area contributed by atoms with Crippen LogP contribution in [0.4, 0.5) is 10.1 Å². The summed E-state index contributed by atoms with van der Waals surface area (Å²) in [5.41, 5.74) is 0.854. The number of thiophene rings is 1. The normalized spacial score (nSPS) is 14.0. The first-order chi connectivity index (χ1) is 13.0. The van der Waals surface area contributed by atoms with E-state index in [-0.39, 0.29) is 16.5 Å². The number of fused-ring (bicyclic) bond motifs is 2. The van der Waals surface area contributed by atoms with E-state index in [0.29, 0.717) is 32.9 Å². The number of rotatable bonds is 2. The van der Waals surface area contributed by atoms with Gasteiger partial charge in [-0.2, -0.15) is 0 Å². The summed E-state index contributed by atoms with van der Waals surface area (Å²) >= 11 is 7.19. The summed E-state index contributed by atoms with van der Waals surface area (Å²) in [5.74, 6) is -0.0712. The average molecular weight is 406 g/mol. The van der Waals surface area contributed by atoms with Crippen molar-refractivity contribution in [1.29, 1.82) is 0 Å². The largest absolute Gasteiger partial charge is 0.320 e. The van der Waals surface area contributed by atoms with Crippen LogP contribution in [0.1, 0.15) is 40.3 Å². The van der Waals surface area contributed by atoms with Gasteiger partial charge in [-0.15, -0.1) is 11.3 Å². The van der Waals surface area contributed by atoms with Crippen LogP contribution in [0.3, 0.4) is 0 Å². The number of aryl methyl sites for hydroxylation is 2. The second-order valence-corrected chi connectivity index (χ2v) is 8.02. The molecule has 27 heavy (non-hydrogen) atoms. The van der Waals surface area contributed by atoms with Gasteiger partial charge in [-0.3, -0.25) is 14.2 Å². The molecular formula is C19H17ClFN3O2S. The molecule has 0 saturated carbocycles. The Kier molecular flexibility index (Phi) is 4.74. The van der Waals surface area contributed by atoms with Gasteiger partial charge in [0.05, 0.1) is 21.0 Å². The van der Waals surface area contributed by atoms with Gasteiger partial charge < -0.3 is 5.32 Å². The minimum absolute atomic E-state index is 0.0792. The van der Waals surface area contributed by atoms with Gasteiger partial charge in [0.25, 0.3) is 11.5 Å². The summed E-state index contributed by atoms with van der Waals surface area (Å²) in [7, 11) is 0. The number of nitrogens with one attached hydrogen (secondary N) is 1. The van der Waals surface area contributed by atoms with Crippen molar-refractivity contribution in [3.63, 3.8) is 0 Å². The van der Waals surface area contributed by atoms with Crippen molar-refractivity contribution in [3.8, 4) is 0 Å². The van der Waals surface area contributed by atoms with Crippen molar-refractivity contribution >= 4 is 44.7 Å². The summed E-state index contributed by atoms with van der Waals surface area (Å²) in [6.07, 6.45) is 3.83. The first-order valence-electron chi connectivity index (χ1n) is 8.75. The summed E-state index contributed by atoms with van der Waals surface area (Å²) in [6.45, 7) is 2.42. The highest BCUT2D eigenvalue weighted by Gasteiger charge is 2.22. The molecule has 5 nitrogen and oxygen atoms in total. The Morgan fingerprint density at radius 2 is 2.15 bits per heavy atom. The van der Waals surface area contributed by atoms with E-state index in [4.69, 9.17) is 11.6 Å². The van der Waals surface area contributed by atoms with Gasteiger partial charge in [-0.25, -0.2) is 9.37 Å². The first-order valence-corrected chi connectivity index (χ1v) is 9.94. The molecule has 0 spiro atoms. The van der Waals surface area contributed by atoms with Crippen LogP contribution >= 0.6 is 22.9 Å². The molecule has 0 atom stereocenters. The third-order valence-electron chi connectivity index (χ3n) is 4.80. The minimum atomic E-state index is -0.477. The lowest BCUT2D eigenvalue weighted by Crippen LogP contribution is -2.24. The van der Waals surface area contributed by atoms with Gasteiger partial charge in [-0.05, 0) is 43.5 Å². The topological polar surface area (TPSA) is 64.0 Å². The van der Waals surface area contributed by atoms with E-state index in [0.717, 1.165) is 37.6 Å². The van der Waals surface area contributed by atoms with E-state index in [1.54, 1.807) is 11.5 Å². The third-order valence-corrected chi connectivity index (χ3v) is 6.29. The molecule has 0 saturated heterocycles. The lowest BCUT2D eigenvalue weighted by Gasteiger charge is -2.08. The first kappa shape index (κ1) is 18.1. The van der Waals surface area contributed by atoms with Gasteiger partial charge in [0.2, 0.25) is 0 Å². The zero-order valence-electron chi connectivity index (χ0n) is 14.6. The molecule has 0 aliphatic carbocycles. The van der Waals surface area contributed by atoms with Crippen molar-refractivity contribution in [2.24, 2.45) is 0 Å². The van der Waals surface area contributed by atoms with Crippen LogP contribution in [0, 0.1) is 12.7 Å². The Morgan fingerprint density at radius 1 is 1.33 bits per heavy atom. The fourth-order valence-electron chi connectivity index (χ4n) is 3.40. The molecule has 0 bridgehead atoms. The maximum absolute atomic E-state index is 13.2. The van der Waals surface area contributed by atoms with Gasteiger partial charge in [-0.1, -0.05) is 18.0 Å². The standard InChI is InChI=1S/C19H17ClFN3O2S/c1-10-15-18(23-14-5-3-2-4-8-24(14)19(15)26)27-16(10)17(25)22-13-7-6-11(21)9-12(13)20/h6-7,9H,2-5,8H2,1H3,(H,22,25). The maximum atomic E-state index is 13.2. The zero-order chi connectivity index (χ0) is 19.1. The molecule has 1 N–H and O–H groups in total. The number of hydrogen-bond donors (Lipinski definition) is 1. The predicted octanol–water partition coefficient (Wildman–Crippen LogP) is 4.54. The summed E-state index contributed by atoms with van der Waals surface area (Å²) in [6, 6.07) is 3.78. The fraction of sp³-hybridized carbons (Fsp3) is 0.316. The molecule has 8 heteroatoms. The van der Waals surface area contributed by atoms with Crippen molar-refractivity contribution in [3.05, 3.63) is 55.7 Å². The number of anilines is 1. The van der Waals surface area contributed by atoms with Crippen LogP contribution < -0.4 is 10.9 Å². The maximum Gasteiger partial charge on any atom is 0.266 e. The molecule has 2 aromatic heterocycles. The van der Waals surface area contributed by atoms with Crippen LogP contribution in [0.25, 0.3) is 10.2 Å². The number of carbonyl (C=O) groups is 1. The molecular weight excluding hydrogens is 389 g/mol. The molecule has 3 heterocycles. The van der Waals surface area contributed by atoms with Crippen LogP contribution in [0.15, 0.2) is 23.0 Å². The number of hydrogen-bond acceptors (Lipinski definition) is 4. The van der Waals surface area contributed by atoms with Gasteiger partial charge in [0, 0.05) is 13.0 Å². The number of benzene rings is 1. The van der Waals surface area contributed by atoms with Crippen LogP contribution in [-0.4, -0.2) is 15.5 Å². The van der Waals surface area contributed by atoms with Crippen molar-refractivity contribution in [1.82, 2.24) is 9.55 Å². The highest BCUT2D eigenvalue weighted by Crippen LogP contribution is 2.30. The Bertz CT molecular complexity index is 1120. The number of carbonyl (C=O) groups excluding carboxylic acids is 1. The minimum Gasteiger partial charge on any atom is -0.320 e. The van der Waals surface area contributed by atoms with Gasteiger partial charge in [0.1, 0.15) is 16.5 Å². The smallest absolute Gasteiger partial charge is 0.266 e. The van der Waals surface area contributed by atoms with E-state index in [2.05, 4.69) is 10.3 Å². The molecule has 3 aromatic rings. The van der Waals surface area contributed by atoms with Crippen molar-refractivity contribution < 1.29 is 9.18 Å². The molecule has 4 rings (SSSR count). The second kappa shape index (κ2) is 7.05. The van der Waals surface area contributed by atoms with Gasteiger partial charge >= 0.3 is 0 Å². The Hall–Kier alpha value is -2.25. The number of amides is 1. The van der Waals surface area contributed by atoms with Crippen molar-refractivity contribution in [2.45, 2.75) is 39.2 Å². The molecule has 0 fully saturated rings. The third kappa shape index (κ3) is 3.26. The SMILES string of the molecule is Cc1c(C(=O)Nc2ccc(F)cc2Cl)sc2nc3n(c(=O)c12)CCCCC3. The van der Waals surface area contributed by atoms with E-state index < -0.39 is 5.82 Å². The summed E-state index contributed by atoms with van der Waals surface area (Å²) in [5, 5.41) is 3.31. The van der Waals surface area contributed by atoms with E-state index >= 15 is 0 Å². The second-order valence-electron chi connectivity index (χ2n) is 6.61. The average Bonchev–Trinajstić information content (AvgIpc) is 2.79. The zero-order valence-corrected chi connectivity index (χ0v) is 16.2.